The first kappa shape index (κ1) is 18.4. The van der Waals surface area contributed by atoms with E-state index in [2.05, 4.69) is 34.6 Å². The summed E-state index contributed by atoms with van der Waals surface area (Å²) in [5, 5.41) is 11.7. The third-order valence-corrected chi connectivity index (χ3v) is 5.90. The van der Waals surface area contributed by atoms with E-state index in [0.717, 1.165) is 16.7 Å². The molecule has 150 valence electrons. The molecule has 0 bridgehead atoms. The molecule has 0 radical (unpaired) electrons. The molecule has 0 saturated heterocycles. The number of nitrogens with zero attached hydrogens (tertiary/aromatic N) is 1. The van der Waals surface area contributed by atoms with Crippen molar-refractivity contribution >= 4 is 17.9 Å². The number of benzene rings is 2. The molecule has 2 aromatic carbocycles. The van der Waals surface area contributed by atoms with Gasteiger partial charge in [-0.2, -0.15) is 0 Å². The van der Waals surface area contributed by atoms with Gasteiger partial charge in [-0.25, -0.2) is 9.78 Å². The molecule has 5 rings (SSSR count). The van der Waals surface area contributed by atoms with Gasteiger partial charge < -0.3 is 9.84 Å². The maximum absolute atomic E-state index is 12.3. The van der Waals surface area contributed by atoms with Gasteiger partial charge in [-0.3, -0.25) is 10.1 Å². The average Bonchev–Trinajstić information content (AvgIpc) is 3.50. The van der Waals surface area contributed by atoms with Crippen LogP contribution in [0.4, 0.5) is 10.6 Å². The van der Waals surface area contributed by atoms with E-state index >= 15 is 0 Å². The molecule has 6 heteroatoms. The first-order valence-corrected chi connectivity index (χ1v) is 9.92. The van der Waals surface area contributed by atoms with Gasteiger partial charge in [0.05, 0.1) is 5.92 Å². The monoisotopic (exact) mass is 400 g/mol. The van der Waals surface area contributed by atoms with Gasteiger partial charge in [-0.05, 0) is 46.2 Å². The number of nitrogens with one attached hydrogen (secondary N) is 1. The largest absolute Gasteiger partial charge is 0.481 e. The molecule has 1 fully saturated rings. The van der Waals surface area contributed by atoms with Crippen LogP contribution in [0.1, 0.15) is 34.9 Å². The summed E-state index contributed by atoms with van der Waals surface area (Å²) in [5.74, 6) is -0.711. The van der Waals surface area contributed by atoms with Crippen LogP contribution in [0.2, 0.25) is 0 Å². The van der Waals surface area contributed by atoms with Gasteiger partial charge in [0.15, 0.2) is 0 Å². The molecule has 0 spiro atoms. The SMILES string of the molecule is O=C(Nc1ccc([C@@H]2C[C@H]2C(=O)O)cn1)OCC1c2ccccc2-c2ccccc21. The van der Waals surface area contributed by atoms with Crippen molar-refractivity contribution in [2.75, 3.05) is 11.9 Å². The lowest BCUT2D eigenvalue weighted by molar-refractivity contribution is -0.138. The zero-order chi connectivity index (χ0) is 20.7. The minimum absolute atomic E-state index is 0.00121. The molecule has 2 aliphatic rings. The zero-order valence-corrected chi connectivity index (χ0v) is 16.1. The molecule has 3 aromatic rings. The fraction of sp³-hybridized carbons (Fsp3) is 0.208. The van der Waals surface area contributed by atoms with Gasteiger partial charge in [0.1, 0.15) is 12.4 Å². The first-order valence-electron chi connectivity index (χ1n) is 9.92. The summed E-state index contributed by atoms with van der Waals surface area (Å²) in [4.78, 5) is 27.5. The molecule has 1 saturated carbocycles. The molecule has 2 N–H and O–H groups in total. The second-order valence-corrected chi connectivity index (χ2v) is 7.71. The number of carboxylic acids is 1. The molecule has 2 aliphatic carbocycles. The van der Waals surface area contributed by atoms with E-state index in [1.54, 1.807) is 18.3 Å². The summed E-state index contributed by atoms with van der Waals surface area (Å²) in [5.41, 5.74) is 5.55. The van der Waals surface area contributed by atoms with Gasteiger partial charge >= 0.3 is 12.1 Å². The number of anilines is 1. The maximum atomic E-state index is 12.3. The number of ether oxygens (including phenoxy) is 1. The van der Waals surface area contributed by atoms with Crippen LogP contribution in [0, 0.1) is 5.92 Å². The Bertz CT molecular complexity index is 1080. The van der Waals surface area contributed by atoms with Crippen LogP contribution >= 0.6 is 0 Å². The van der Waals surface area contributed by atoms with E-state index in [0.29, 0.717) is 12.2 Å². The summed E-state index contributed by atoms with van der Waals surface area (Å²) in [6.45, 7) is 0.236. The van der Waals surface area contributed by atoms with E-state index in [1.165, 1.54) is 11.1 Å². The van der Waals surface area contributed by atoms with Crippen LogP contribution in [0.15, 0.2) is 66.9 Å². The predicted octanol–water partition coefficient (Wildman–Crippen LogP) is 4.63. The maximum Gasteiger partial charge on any atom is 0.412 e. The van der Waals surface area contributed by atoms with Crippen LogP contribution < -0.4 is 5.32 Å². The lowest BCUT2D eigenvalue weighted by atomic mass is 9.98. The van der Waals surface area contributed by atoms with E-state index in [9.17, 15) is 9.59 Å². The summed E-state index contributed by atoms with van der Waals surface area (Å²) < 4.78 is 5.51. The minimum atomic E-state index is -0.777. The highest BCUT2D eigenvalue weighted by atomic mass is 16.5. The number of fused-ring (bicyclic) bond motifs is 3. The van der Waals surface area contributed by atoms with E-state index in [1.807, 2.05) is 24.3 Å². The number of hydrogen-bond acceptors (Lipinski definition) is 4. The van der Waals surface area contributed by atoms with Crippen LogP contribution in [0.3, 0.4) is 0 Å². The van der Waals surface area contributed by atoms with Gasteiger partial charge in [0.25, 0.3) is 0 Å². The number of aromatic nitrogens is 1. The van der Waals surface area contributed by atoms with Crippen molar-refractivity contribution in [3.63, 3.8) is 0 Å². The Labute approximate surface area is 173 Å². The highest BCUT2D eigenvalue weighted by Gasteiger charge is 2.44. The van der Waals surface area contributed by atoms with Crippen LogP contribution in [-0.4, -0.2) is 28.8 Å². The number of carbonyl (C=O) groups excluding carboxylic acids is 1. The Morgan fingerprint density at radius 1 is 1.00 bits per heavy atom. The Hall–Kier alpha value is -3.67. The number of carboxylic acid groups (broad SMARTS) is 1. The van der Waals surface area contributed by atoms with Crippen LogP contribution in [-0.2, 0) is 9.53 Å². The van der Waals surface area contributed by atoms with Crippen molar-refractivity contribution in [2.24, 2.45) is 5.92 Å². The van der Waals surface area contributed by atoms with Gasteiger partial charge in [0.2, 0.25) is 0 Å². The van der Waals surface area contributed by atoms with Crippen LogP contribution in [0.5, 0.6) is 0 Å². The molecule has 2 atom stereocenters. The smallest absolute Gasteiger partial charge is 0.412 e. The van der Waals surface area contributed by atoms with Gasteiger partial charge in [-0.1, -0.05) is 54.6 Å². The van der Waals surface area contributed by atoms with Crippen molar-refractivity contribution in [3.05, 3.63) is 83.6 Å². The predicted molar refractivity (Wildman–Crippen MR) is 111 cm³/mol. The number of rotatable bonds is 5. The third-order valence-electron chi connectivity index (χ3n) is 5.90. The van der Waals surface area contributed by atoms with Crippen molar-refractivity contribution < 1.29 is 19.4 Å². The summed E-state index contributed by atoms with van der Waals surface area (Å²) >= 11 is 0. The minimum Gasteiger partial charge on any atom is -0.481 e. The van der Waals surface area contributed by atoms with Crippen molar-refractivity contribution in [1.82, 2.24) is 4.98 Å². The second-order valence-electron chi connectivity index (χ2n) is 7.71. The highest BCUT2D eigenvalue weighted by molar-refractivity contribution is 5.84. The topological polar surface area (TPSA) is 88.5 Å². The molecule has 0 unspecified atom stereocenters. The van der Waals surface area contributed by atoms with Gasteiger partial charge in [-0.15, -0.1) is 0 Å². The number of carbonyl (C=O) groups is 2. The summed E-state index contributed by atoms with van der Waals surface area (Å²) in [6.07, 6.45) is 1.69. The molecular formula is C24H20N2O4. The van der Waals surface area contributed by atoms with Gasteiger partial charge in [0, 0.05) is 12.1 Å². The Kier molecular flexibility index (Phi) is 4.47. The lowest BCUT2D eigenvalue weighted by Gasteiger charge is -2.14. The van der Waals surface area contributed by atoms with E-state index < -0.39 is 12.1 Å². The normalized spacial score (nSPS) is 18.9. The molecule has 0 aliphatic heterocycles. The third kappa shape index (κ3) is 3.30. The second kappa shape index (κ2) is 7.30. The van der Waals surface area contributed by atoms with E-state index in [-0.39, 0.29) is 24.4 Å². The molecule has 1 heterocycles. The van der Waals surface area contributed by atoms with Crippen molar-refractivity contribution in [3.8, 4) is 11.1 Å². The average molecular weight is 400 g/mol. The summed E-state index contributed by atoms with van der Waals surface area (Å²) in [6, 6.07) is 19.8. The van der Waals surface area contributed by atoms with Crippen molar-refractivity contribution in [1.29, 1.82) is 0 Å². The molecular weight excluding hydrogens is 380 g/mol. The lowest BCUT2D eigenvalue weighted by Crippen LogP contribution is -2.18. The zero-order valence-electron chi connectivity index (χ0n) is 16.1. The quantitative estimate of drug-likeness (QED) is 0.652. The number of hydrogen-bond donors (Lipinski definition) is 2. The fourth-order valence-electron chi connectivity index (χ4n) is 4.27. The Morgan fingerprint density at radius 3 is 2.23 bits per heavy atom. The molecule has 1 aromatic heterocycles. The fourth-order valence-corrected chi connectivity index (χ4v) is 4.27. The first-order chi connectivity index (χ1) is 14.6. The number of aliphatic carboxylic acids is 1. The Morgan fingerprint density at radius 2 is 1.67 bits per heavy atom. The number of amides is 1. The highest BCUT2D eigenvalue weighted by Crippen LogP contribution is 2.47. The number of pyridine rings is 1. The van der Waals surface area contributed by atoms with Crippen molar-refractivity contribution in [2.45, 2.75) is 18.3 Å². The summed E-state index contributed by atoms with van der Waals surface area (Å²) in [7, 11) is 0. The molecule has 1 amide bonds. The molecule has 30 heavy (non-hydrogen) atoms. The molecule has 6 nitrogen and oxygen atoms in total. The standard InChI is InChI=1S/C24H20N2O4/c27-23(28)20-11-19(20)14-9-10-22(25-12-14)26-24(29)30-13-21-17-7-3-1-5-15(17)16-6-2-4-8-18(16)21/h1-10,12,19-21H,11,13H2,(H,27,28)(H,25,26,29)/t19-,20+/m0/s1. The Balaban J connectivity index is 1.22. The van der Waals surface area contributed by atoms with E-state index in [4.69, 9.17) is 9.84 Å². The van der Waals surface area contributed by atoms with Crippen LogP contribution in [0.25, 0.3) is 11.1 Å².